The molecule has 3 nitrogen and oxygen atoms in total. The first-order chi connectivity index (χ1) is 7.65. The van der Waals surface area contributed by atoms with Crippen molar-refractivity contribution < 1.29 is 8.95 Å². The lowest BCUT2D eigenvalue weighted by atomic mass is 10.2. The minimum atomic E-state index is -0.987. The highest BCUT2D eigenvalue weighted by Gasteiger charge is 2.07. The Morgan fingerprint density at radius 3 is 2.75 bits per heavy atom. The highest BCUT2D eigenvalue weighted by molar-refractivity contribution is 7.85. The molecule has 90 valence electrons. The van der Waals surface area contributed by atoms with Gasteiger partial charge < -0.3 is 10.5 Å². The molecule has 0 saturated heterocycles. The number of aryl methyl sites for hydroxylation is 1. The zero-order valence-electron chi connectivity index (χ0n) is 9.86. The van der Waals surface area contributed by atoms with Crippen molar-refractivity contribution in [3.05, 3.63) is 23.8 Å². The average molecular weight is 241 g/mol. The second-order valence-electron chi connectivity index (χ2n) is 3.79. The van der Waals surface area contributed by atoms with Gasteiger partial charge in [0.25, 0.3) is 0 Å². The summed E-state index contributed by atoms with van der Waals surface area (Å²) in [5.74, 6) is 0.649. The van der Waals surface area contributed by atoms with E-state index in [9.17, 15) is 4.21 Å². The Hall–Kier alpha value is -0.870. The van der Waals surface area contributed by atoms with E-state index >= 15 is 0 Å². The molecule has 4 heteroatoms. The summed E-state index contributed by atoms with van der Waals surface area (Å²) in [5, 5.41) is 0. The summed E-state index contributed by atoms with van der Waals surface area (Å²) in [5.41, 5.74) is 7.56. The Morgan fingerprint density at radius 1 is 1.38 bits per heavy atom. The maximum absolute atomic E-state index is 11.9. The summed E-state index contributed by atoms with van der Waals surface area (Å²) in [6.07, 6.45) is 1.84. The SMILES string of the molecule is COCCCCS(=O)c1ccc(C)cc1N. The summed E-state index contributed by atoms with van der Waals surface area (Å²) in [7, 11) is 0.688. The molecular weight excluding hydrogens is 222 g/mol. The second kappa shape index (κ2) is 6.66. The van der Waals surface area contributed by atoms with Gasteiger partial charge in [-0.1, -0.05) is 6.07 Å². The molecule has 0 spiro atoms. The normalized spacial score (nSPS) is 12.6. The van der Waals surface area contributed by atoms with Crippen molar-refractivity contribution >= 4 is 16.5 Å². The number of methoxy groups -OCH3 is 1. The van der Waals surface area contributed by atoms with Crippen molar-refractivity contribution in [2.75, 3.05) is 25.2 Å². The molecule has 1 atom stereocenters. The minimum Gasteiger partial charge on any atom is -0.398 e. The van der Waals surface area contributed by atoms with Crippen LogP contribution < -0.4 is 5.73 Å². The molecule has 0 bridgehead atoms. The van der Waals surface area contributed by atoms with Crippen LogP contribution in [0.3, 0.4) is 0 Å². The fourth-order valence-electron chi connectivity index (χ4n) is 1.46. The van der Waals surface area contributed by atoms with Crippen LogP contribution in [0.2, 0.25) is 0 Å². The third-order valence-corrected chi connectivity index (χ3v) is 3.86. The molecule has 1 aromatic rings. The van der Waals surface area contributed by atoms with Gasteiger partial charge in [-0.25, -0.2) is 0 Å². The molecule has 2 N–H and O–H groups in total. The summed E-state index contributed by atoms with van der Waals surface area (Å²) in [6, 6.07) is 5.66. The van der Waals surface area contributed by atoms with Gasteiger partial charge >= 0.3 is 0 Å². The van der Waals surface area contributed by atoms with Crippen LogP contribution in [0.1, 0.15) is 18.4 Å². The van der Waals surface area contributed by atoms with Gasteiger partial charge in [-0.3, -0.25) is 4.21 Å². The van der Waals surface area contributed by atoms with Gasteiger partial charge in [0.2, 0.25) is 0 Å². The first-order valence-electron chi connectivity index (χ1n) is 5.38. The van der Waals surface area contributed by atoms with Crippen LogP contribution in [0, 0.1) is 6.92 Å². The van der Waals surface area contributed by atoms with Crippen LogP contribution in [0.4, 0.5) is 5.69 Å². The molecule has 0 amide bonds. The highest BCUT2D eigenvalue weighted by Crippen LogP contribution is 2.18. The van der Waals surface area contributed by atoms with E-state index in [4.69, 9.17) is 10.5 Å². The molecule has 0 aliphatic heterocycles. The minimum absolute atomic E-state index is 0.630. The van der Waals surface area contributed by atoms with Crippen LogP contribution in [-0.2, 0) is 15.5 Å². The molecule has 16 heavy (non-hydrogen) atoms. The quantitative estimate of drug-likeness (QED) is 0.613. The molecule has 0 aliphatic rings. The van der Waals surface area contributed by atoms with E-state index in [0.717, 1.165) is 29.9 Å². The van der Waals surface area contributed by atoms with Gasteiger partial charge in [0, 0.05) is 25.2 Å². The Labute approximate surface area is 99.4 Å². The van der Waals surface area contributed by atoms with Crippen LogP contribution in [-0.4, -0.2) is 23.7 Å². The van der Waals surface area contributed by atoms with Crippen LogP contribution in [0.15, 0.2) is 23.1 Å². The Bertz CT molecular complexity index is 366. The fourth-order valence-corrected chi connectivity index (χ4v) is 2.69. The maximum atomic E-state index is 11.9. The number of rotatable bonds is 6. The van der Waals surface area contributed by atoms with Gasteiger partial charge in [0.05, 0.1) is 15.7 Å². The number of unbranched alkanes of at least 4 members (excludes halogenated alkanes) is 1. The molecule has 0 radical (unpaired) electrons. The van der Waals surface area contributed by atoms with E-state index < -0.39 is 10.8 Å². The Kier molecular flexibility index (Phi) is 5.49. The monoisotopic (exact) mass is 241 g/mol. The Balaban J connectivity index is 2.53. The fraction of sp³-hybridized carbons (Fsp3) is 0.500. The van der Waals surface area contributed by atoms with Gasteiger partial charge in [0.1, 0.15) is 0 Å². The second-order valence-corrected chi connectivity index (χ2v) is 5.33. The van der Waals surface area contributed by atoms with Gasteiger partial charge in [-0.15, -0.1) is 0 Å². The average Bonchev–Trinajstić information content (AvgIpc) is 2.24. The van der Waals surface area contributed by atoms with Crippen molar-refractivity contribution in [3.8, 4) is 0 Å². The zero-order valence-corrected chi connectivity index (χ0v) is 10.7. The van der Waals surface area contributed by atoms with Gasteiger partial charge in [-0.2, -0.15) is 0 Å². The van der Waals surface area contributed by atoms with Crippen molar-refractivity contribution in [1.82, 2.24) is 0 Å². The lowest BCUT2D eigenvalue weighted by Crippen LogP contribution is -2.03. The molecule has 0 aromatic heterocycles. The lowest BCUT2D eigenvalue weighted by molar-refractivity contribution is 0.194. The number of hydrogen-bond donors (Lipinski definition) is 1. The molecule has 1 unspecified atom stereocenters. The van der Waals surface area contributed by atoms with Crippen LogP contribution in [0.25, 0.3) is 0 Å². The van der Waals surface area contributed by atoms with Crippen molar-refractivity contribution in [1.29, 1.82) is 0 Å². The largest absolute Gasteiger partial charge is 0.398 e. The first-order valence-corrected chi connectivity index (χ1v) is 6.70. The van der Waals surface area contributed by atoms with E-state index in [1.807, 2.05) is 25.1 Å². The number of nitrogens with two attached hydrogens (primary N) is 1. The molecular formula is C12H19NO2S. The molecule has 1 aromatic carbocycles. The summed E-state index contributed by atoms with van der Waals surface area (Å²) < 4.78 is 16.9. The predicted octanol–water partition coefficient (Wildman–Crippen LogP) is 2.11. The first kappa shape index (κ1) is 13.2. The van der Waals surface area contributed by atoms with E-state index in [1.54, 1.807) is 7.11 Å². The van der Waals surface area contributed by atoms with Gasteiger partial charge in [-0.05, 0) is 37.5 Å². The van der Waals surface area contributed by atoms with Crippen LogP contribution in [0.5, 0.6) is 0 Å². The standard InChI is InChI=1S/C12H19NO2S/c1-10-5-6-12(11(13)9-10)16(14)8-4-3-7-15-2/h5-6,9H,3-4,7-8,13H2,1-2H3. The highest BCUT2D eigenvalue weighted by atomic mass is 32.2. The predicted molar refractivity (Wildman–Crippen MR) is 68.0 cm³/mol. The number of benzene rings is 1. The number of ether oxygens (including phenoxy) is 1. The summed E-state index contributed by atoms with van der Waals surface area (Å²) >= 11 is 0. The van der Waals surface area contributed by atoms with Crippen molar-refractivity contribution in [2.45, 2.75) is 24.7 Å². The number of nitrogen functional groups attached to an aromatic ring is 1. The van der Waals surface area contributed by atoms with E-state index in [2.05, 4.69) is 0 Å². The molecule has 1 rings (SSSR count). The maximum Gasteiger partial charge on any atom is 0.0617 e. The Morgan fingerprint density at radius 2 is 2.12 bits per heavy atom. The van der Waals surface area contributed by atoms with E-state index in [1.165, 1.54) is 0 Å². The summed E-state index contributed by atoms with van der Waals surface area (Å²) in [4.78, 5) is 0.753. The van der Waals surface area contributed by atoms with Crippen molar-refractivity contribution in [2.24, 2.45) is 0 Å². The smallest absolute Gasteiger partial charge is 0.0617 e. The summed E-state index contributed by atoms with van der Waals surface area (Å²) in [6.45, 7) is 2.70. The third-order valence-electron chi connectivity index (χ3n) is 2.34. The topological polar surface area (TPSA) is 52.3 Å². The van der Waals surface area contributed by atoms with E-state index in [-0.39, 0.29) is 0 Å². The number of anilines is 1. The van der Waals surface area contributed by atoms with Gasteiger partial charge in [0.15, 0.2) is 0 Å². The molecule has 0 saturated carbocycles. The number of hydrogen-bond acceptors (Lipinski definition) is 3. The van der Waals surface area contributed by atoms with Crippen molar-refractivity contribution in [3.63, 3.8) is 0 Å². The molecule has 0 fully saturated rings. The molecule has 0 aliphatic carbocycles. The lowest BCUT2D eigenvalue weighted by Gasteiger charge is -2.06. The van der Waals surface area contributed by atoms with E-state index in [0.29, 0.717) is 11.4 Å². The molecule has 0 heterocycles. The zero-order chi connectivity index (χ0) is 12.0. The third kappa shape index (κ3) is 3.94. The van der Waals surface area contributed by atoms with Crippen LogP contribution >= 0.6 is 0 Å².